The highest BCUT2D eigenvalue weighted by atomic mass is 32.2. The van der Waals surface area contributed by atoms with E-state index in [2.05, 4.69) is 20.7 Å². The van der Waals surface area contributed by atoms with Gasteiger partial charge in [-0.1, -0.05) is 24.3 Å². The largest absolute Gasteiger partial charge is 0.493 e. The van der Waals surface area contributed by atoms with Gasteiger partial charge in [0.1, 0.15) is 15.9 Å². The van der Waals surface area contributed by atoms with Crippen LogP contribution < -0.4 is 40.6 Å². The number of esters is 3. The Morgan fingerprint density at radius 2 is 1.23 bits per heavy atom. The summed E-state index contributed by atoms with van der Waals surface area (Å²) in [5.74, 6) is -3.85. The average molecular weight is 1130 g/mol. The lowest BCUT2D eigenvalue weighted by Gasteiger charge is -2.28. The van der Waals surface area contributed by atoms with Gasteiger partial charge in [-0.2, -0.15) is 13.5 Å². The second-order valence-corrected chi connectivity index (χ2v) is 21.8. The molecule has 416 valence electrons. The van der Waals surface area contributed by atoms with Crippen molar-refractivity contribution in [2.45, 2.75) is 59.2 Å². The number of hydrogen-bond donors (Lipinski definition) is 4. The summed E-state index contributed by atoms with van der Waals surface area (Å²) < 4.78 is 80.9. The molecule has 4 aromatic carbocycles. The summed E-state index contributed by atoms with van der Waals surface area (Å²) >= 11 is 0. The molecule has 4 atom stereocenters. The number of rotatable bonds is 18. The molecule has 23 nitrogen and oxygen atoms in total. The van der Waals surface area contributed by atoms with Gasteiger partial charge in [0.25, 0.3) is 11.8 Å². The summed E-state index contributed by atoms with van der Waals surface area (Å²) in [6.45, 7) is 8.29. The van der Waals surface area contributed by atoms with E-state index >= 15 is 0 Å². The molecular formula is C51H61N5O18S3. The molecule has 0 aliphatic carbocycles. The standard InChI is InChI=1S/C22H24N2O7S.C19H28N2O7S.C10H7NO4.H2S/c1-5-31-19-11-14(9-10-18(19)30-3)17(12-32(4,28)29)24-21(26)15-7-6-8-16(23-13(2)25)20(15)22(24)27;1-4-27-18-8-14(5-6-17(18)26-3)15(20)11-29(24,25)10-13-7-16(21-12(2)22)19(23)28-9-13;1-5(12)11-7-4-2-3-6-8(7)10(14)15-9(6)13;/h6-11,17H,5,12H2,1-4H3,(H,23,25);5-6,8,13,15-16H,4,7,9-11,20H2,1-3H3,(H,21,22);2-4H,1H3,(H,11,12);1H2/t17-;13?,15-,16-;;/m11../s1. The Bertz CT molecular complexity index is 3150. The van der Waals surface area contributed by atoms with Gasteiger partial charge in [-0.05, 0) is 79.9 Å². The third kappa shape index (κ3) is 16.2. The minimum absolute atomic E-state index is 0. The quantitative estimate of drug-likeness (QED) is 0.0619. The third-order valence-electron chi connectivity index (χ3n) is 11.4. The number of imide groups is 1. The summed E-state index contributed by atoms with van der Waals surface area (Å²) in [5, 5.41) is 7.50. The molecule has 0 spiro atoms. The van der Waals surface area contributed by atoms with Crippen LogP contribution in [0.2, 0.25) is 0 Å². The van der Waals surface area contributed by atoms with E-state index in [9.17, 15) is 55.2 Å². The molecule has 4 aromatic rings. The Kier molecular flexibility index (Phi) is 21.7. The number of sulfone groups is 2. The Morgan fingerprint density at radius 1 is 0.701 bits per heavy atom. The molecular weight excluding hydrogens is 1070 g/mol. The number of nitrogens with two attached hydrogens (primary N) is 1. The second kappa shape index (κ2) is 27.0. The topological polar surface area (TPSA) is 326 Å². The molecule has 5 amide bonds. The smallest absolute Gasteiger partial charge is 0.349 e. The van der Waals surface area contributed by atoms with Crippen LogP contribution in [0.3, 0.4) is 0 Å². The molecule has 0 saturated carbocycles. The van der Waals surface area contributed by atoms with Gasteiger partial charge < -0.3 is 50.1 Å². The molecule has 0 radical (unpaired) electrons. The molecule has 5 N–H and O–H groups in total. The van der Waals surface area contributed by atoms with Crippen LogP contribution in [0.25, 0.3) is 0 Å². The third-order valence-corrected chi connectivity index (χ3v) is 14.2. The predicted octanol–water partition coefficient (Wildman–Crippen LogP) is 4.08. The molecule has 3 aliphatic rings. The van der Waals surface area contributed by atoms with Crippen molar-refractivity contribution in [2.75, 3.05) is 68.2 Å². The van der Waals surface area contributed by atoms with E-state index in [0.29, 0.717) is 53.0 Å². The number of hydrogen-bond acceptors (Lipinski definition) is 19. The van der Waals surface area contributed by atoms with Gasteiger partial charge in [0.05, 0.1) is 91.0 Å². The molecule has 0 aromatic heterocycles. The summed E-state index contributed by atoms with van der Waals surface area (Å²) in [6, 6.07) is 16.3. The molecule has 1 fully saturated rings. The number of methoxy groups -OCH3 is 2. The minimum Gasteiger partial charge on any atom is -0.493 e. The first kappa shape index (κ1) is 62.0. The van der Waals surface area contributed by atoms with E-state index < -0.39 is 85.1 Å². The molecule has 77 heavy (non-hydrogen) atoms. The fourth-order valence-electron chi connectivity index (χ4n) is 8.35. The van der Waals surface area contributed by atoms with Crippen molar-refractivity contribution >= 4 is 92.0 Å². The molecule has 1 saturated heterocycles. The number of carbonyl (C=O) groups is 8. The van der Waals surface area contributed by atoms with Gasteiger partial charge >= 0.3 is 17.9 Å². The van der Waals surface area contributed by atoms with Crippen LogP contribution in [-0.4, -0.2) is 133 Å². The van der Waals surface area contributed by atoms with Crippen molar-refractivity contribution in [2.24, 2.45) is 11.7 Å². The van der Waals surface area contributed by atoms with E-state index in [4.69, 9.17) is 29.4 Å². The lowest BCUT2D eigenvalue weighted by atomic mass is 10.00. The number of cyclic esters (lactones) is 3. The molecule has 1 unspecified atom stereocenters. The maximum absolute atomic E-state index is 13.3. The van der Waals surface area contributed by atoms with Gasteiger partial charge in [0.2, 0.25) is 17.7 Å². The van der Waals surface area contributed by atoms with Crippen LogP contribution in [0.1, 0.15) is 106 Å². The fourth-order valence-corrected chi connectivity index (χ4v) is 11.1. The Hall–Kier alpha value is -7.55. The zero-order chi connectivity index (χ0) is 56.2. The lowest BCUT2D eigenvalue weighted by Crippen LogP contribution is -2.47. The Labute approximate surface area is 452 Å². The van der Waals surface area contributed by atoms with E-state index in [-0.39, 0.29) is 77.8 Å². The summed E-state index contributed by atoms with van der Waals surface area (Å²) in [6.07, 6.45) is 1.25. The summed E-state index contributed by atoms with van der Waals surface area (Å²) in [5.41, 5.74) is 8.09. The van der Waals surface area contributed by atoms with Crippen LogP contribution in [-0.2, 0) is 48.3 Å². The van der Waals surface area contributed by atoms with Gasteiger partial charge in [-0.15, -0.1) is 0 Å². The number of ether oxygens (including phenoxy) is 6. The van der Waals surface area contributed by atoms with Gasteiger partial charge in [-0.3, -0.25) is 28.9 Å². The molecule has 0 bridgehead atoms. The Balaban J connectivity index is 0.000000262. The lowest BCUT2D eigenvalue weighted by molar-refractivity contribution is -0.153. The van der Waals surface area contributed by atoms with E-state index in [1.165, 1.54) is 53.2 Å². The monoisotopic (exact) mass is 1130 g/mol. The van der Waals surface area contributed by atoms with Gasteiger partial charge in [0.15, 0.2) is 32.8 Å². The number of benzene rings is 4. The Morgan fingerprint density at radius 3 is 1.75 bits per heavy atom. The minimum atomic E-state index is -3.60. The molecule has 26 heteroatoms. The van der Waals surface area contributed by atoms with Crippen LogP contribution in [0, 0.1) is 5.92 Å². The highest BCUT2D eigenvalue weighted by molar-refractivity contribution is 7.91. The van der Waals surface area contributed by atoms with E-state index in [0.717, 1.165) is 11.2 Å². The van der Waals surface area contributed by atoms with Crippen LogP contribution in [0.5, 0.6) is 23.0 Å². The number of carbonyl (C=O) groups excluding carboxylic acids is 8. The number of amides is 5. The van der Waals surface area contributed by atoms with Crippen LogP contribution >= 0.6 is 13.5 Å². The van der Waals surface area contributed by atoms with Gasteiger partial charge in [-0.25, -0.2) is 31.2 Å². The predicted molar refractivity (Wildman–Crippen MR) is 285 cm³/mol. The van der Waals surface area contributed by atoms with Crippen molar-refractivity contribution in [1.82, 2.24) is 10.2 Å². The van der Waals surface area contributed by atoms with Crippen molar-refractivity contribution in [3.05, 3.63) is 106 Å². The van der Waals surface area contributed by atoms with Crippen molar-refractivity contribution in [1.29, 1.82) is 0 Å². The molecule has 3 heterocycles. The van der Waals surface area contributed by atoms with Crippen LogP contribution in [0.15, 0.2) is 72.8 Å². The van der Waals surface area contributed by atoms with Crippen molar-refractivity contribution in [3.63, 3.8) is 0 Å². The van der Waals surface area contributed by atoms with Crippen molar-refractivity contribution in [3.8, 4) is 23.0 Å². The van der Waals surface area contributed by atoms with E-state index in [1.807, 2.05) is 6.92 Å². The number of nitrogens with one attached hydrogen (secondary N) is 3. The fraction of sp³-hybridized carbons (Fsp3) is 0.373. The zero-order valence-corrected chi connectivity index (χ0v) is 46.0. The number of nitrogens with zero attached hydrogens (tertiary/aromatic N) is 1. The number of fused-ring (bicyclic) bond motifs is 2. The molecule has 3 aliphatic heterocycles. The average Bonchev–Trinajstić information content (AvgIpc) is 3.80. The first-order chi connectivity index (χ1) is 35.8. The highest BCUT2D eigenvalue weighted by Gasteiger charge is 2.44. The first-order valence-corrected chi connectivity index (χ1v) is 27.3. The normalized spacial score (nSPS) is 16.2. The summed E-state index contributed by atoms with van der Waals surface area (Å²) in [7, 11) is -4.15. The maximum atomic E-state index is 13.3. The zero-order valence-electron chi connectivity index (χ0n) is 43.4. The SMILES string of the molecule is CC(=O)Nc1cccc2c1C(=O)OC2=O.CCOc1cc([C@@H](CS(C)(=O)=O)N2C(=O)c3cccc(NC(C)=O)c3C2=O)ccc1OC.CCOc1cc([C@H](N)CS(=O)(=O)CC2COC(=O)[C@H](NC(C)=O)C2)ccc1OC.S. The highest BCUT2D eigenvalue weighted by Crippen LogP contribution is 2.39. The number of anilines is 2. The van der Waals surface area contributed by atoms with Gasteiger partial charge in [0, 0.05) is 39.0 Å². The second-order valence-electron chi connectivity index (χ2n) is 17.4. The van der Waals surface area contributed by atoms with Crippen LogP contribution in [0.4, 0.5) is 11.4 Å². The molecule has 7 rings (SSSR count). The first-order valence-electron chi connectivity index (χ1n) is 23.5. The maximum Gasteiger partial charge on any atom is 0.349 e. The van der Waals surface area contributed by atoms with Crippen molar-refractivity contribution < 1.29 is 83.6 Å². The summed E-state index contributed by atoms with van der Waals surface area (Å²) in [4.78, 5) is 95.3. The van der Waals surface area contributed by atoms with E-state index in [1.54, 1.807) is 61.5 Å².